The number of rotatable bonds is 4. The molecule has 0 spiro atoms. The topological polar surface area (TPSA) is 79.0 Å². The van der Waals surface area contributed by atoms with Gasteiger partial charge in [0, 0.05) is 36.5 Å². The lowest BCUT2D eigenvalue weighted by molar-refractivity contribution is 0.102. The van der Waals surface area contributed by atoms with Crippen LogP contribution in [0.15, 0.2) is 18.2 Å². The Bertz CT molecular complexity index is 699. The quantitative estimate of drug-likeness (QED) is 0.801. The highest BCUT2D eigenvalue weighted by Gasteiger charge is 2.21. The third-order valence-electron chi connectivity index (χ3n) is 3.78. The third kappa shape index (κ3) is 3.65. The molecule has 0 radical (unpaired) electrons. The van der Waals surface area contributed by atoms with Crippen molar-refractivity contribution < 1.29 is 9.53 Å². The minimum Gasteiger partial charge on any atom is -0.494 e. The first-order chi connectivity index (χ1) is 10.7. The predicted octanol–water partition coefficient (Wildman–Crippen LogP) is 2.44. The zero-order chi connectivity index (χ0) is 15.5. The van der Waals surface area contributed by atoms with Crippen LogP contribution in [0.5, 0.6) is 5.75 Å². The van der Waals surface area contributed by atoms with E-state index in [-0.39, 0.29) is 18.3 Å². The smallest absolute Gasteiger partial charge is 0.276 e. The summed E-state index contributed by atoms with van der Waals surface area (Å²) in [6.07, 6.45) is 0.873. The summed E-state index contributed by atoms with van der Waals surface area (Å²) in [7, 11) is 0. The maximum Gasteiger partial charge on any atom is 0.276 e. The number of aryl methyl sites for hydroxylation is 1. The molecule has 6 nitrogen and oxygen atoms in total. The monoisotopic (exact) mass is 336 g/mol. The van der Waals surface area contributed by atoms with E-state index in [1.54, 1.807) is 0 Å². The Kier molecular flexibility index (Phi) is 5.63. The van der Waals surface area contributed by atoms with Gasteiger partial charge < -0.3 is 15.4 Å². The van der Waals surface area contributed by atoms with Gasteiger partial charge in [0.2, 0.25) is 0 Å². The fraction of sp³-hybridized carbons (Fsp3) is 0.375. The Morgan fingerprint density at radius 1 is 1.43 bits per heavy atom. The van der Waals surface area contributed by atoms with Crippen molar-refractivity contribution in [2.24, 2.45) is 0 Å². The summed E-state index contributed by atoms with van der Waals surface area (Å²) < 4.78 is 5.45. The molecule has 7 heteroatoms. The first-order valence-corrected chi connectivity index (χ1v) is 7.50. The van der Waals surface area contributed by atoms with Crippen LogP contribution in [-0.4, -0.2) is 29.3 Å². The zero-order valence-corrected chi connectivity index (χ0v) is 14.0. The Balaban J connectivity index is 0.00000192. The number of nitrogens with zero attached hydrogens (tertiary/aromatic N) is 1. The summed E-state index contributed by atoms with van der Waals surface area (Å²) >= 11 is 0. The predicted molar refractivity (Wildman–Crippen MR) is 91.5 cm³/mol. The largest absolute Gasteiger partial charge is 0.494 e. The van der Waals surface area contributed by atoms with Crippen molar-refractivity contribution in [2.75, 3.05) is 18.5 Å². The highest BCUT2D eigenvalue weighted by molar-refractivity contribution is 6.04. The number of hydrogen-bond donors (Lipinski definition) is 3. The van der Waals surface area contributed by atoms with Gasteiger partial charge >= 0.3 is 0 Å². The van der Waals surface area contributed by atoms with E-state index in [2.05, 4.69) is 20.8 Å². The molecule has 1 aromatic carbocycles. The molecule has 1 amide bonds. The fourth-order valence-corrected chi connectivity index (χ4v) is 2.63. The number of fused-ring (bicyclic) bond motifs is 1. The number of aromatic amines is 1. The minimum absolute atomic E-state index is 0. The molecular weight excluding hydrogens is 316 g/mol. The molecule has 124 valence electrons. The Morgan fingerprint density at radius 2 is 2.26 bits per heavy atom. The molecule has 23 heavy (non-hydrogen) atoms. The van der Waals surface area contributed by atoms with Gasteiger partial charge in [0.05, 0.1) is 6.61 Å². The molecule has 2 heterocycles. The highest BCUT2D eigenvalue weighted by atomic mass is 35.5. The molecule has 0 saturated heterocycles. The Hall–Kier alpha value is -2.05. The number of carbonyl (C=O) groups excluding carboxylic acids is 1. The lowest BCUT2D eigenvalue weighted by atomic mass is 10.1. The van der Waals surface area contributed by atoms with Crippen molar-refractivity contribution in [1.82, 2.24) is 15.5 Å². The van der Waals surface area contributed by atoms with Crippen molar-refractivity contribution in [3.05, 3.63) is 40.7 Å². The van der Waals surface area contributed by atoms with Gasteiger partial charge in [-0.1, -0.05) is 0 Å². The first-order valence-electron chi connectivity index (χ1n) is 7.50. The van der Waals surface area contributed by atoms with Crippen LogP contribution in [0.3, 0.4) is 0 Å². The van der Waals surface area contributed by atoms with Crippen LogP contribution in [0.25, 0.3) is 0 Å². The SMILES string of the molecule is CCOc1ccc(NC(=O)c2n[nH]c3c2CNCC3)c(C)c1.Cl. The van der Waals surface area contributed by atoms with Crippen LogP contribution in [0.2, 0.25) is 0 Å². The average molecular weight is 337 g/mol. The standard InChI is InChI=1S/C16H20N4O2.ClH/c1-3-22-11-4-5-13(10(2)8-11)18-16(21)15-12-9-17-7-6-14(12)19-20-15;/h4-5,8,17H,3,6-7,9H2,1-2H3,(H,18,21)(H,19,20);1H. The van der Waals surface area contributed by atoms with Crippen molar-refractivity contribution in [1.29, 1.82) is 0 Å². The van der Waals surface area contributed by atoms with E-state index in [4.69, 9.17) is 4.74 Å². The lowest BCUT2D eigenvalue weighted by Crippen LogP contribution is -2.25. The number of hydrogen-bond acceptors (Lipinski definition) is 4. The lowest BCUT2D eigenvalue weighted by Gasteiger charge is -2.13. The molecular formula is C16H21ClN4O2. The molecule has 0 atom stereocenters. The molecule has 1 aliphatic rings. The summed E-state index contributed by atoms with van der Waals surface area (Å²) in [4.78, 5) is 12.5. The maximum atomic E-state index is 12.5. The van der Waals surface area contributed by atoms with Gasteiger partial charge in [-0.15, -0.1) is 12.4 Å². The summed E-state index contributed by atoms with van der Waals surface area (Å²) in [6, 6.07) is 5.63. The number of ether oxygens (including phenoxy) is 1. The summed E-state index contributed by atoms with van der Waals surface area (Å²) in [5.74, 6) is 0.618. The van der Waals surface area contributed by atoms with Gasteiger partial charge in [-0.05, 0) is 37.6 Å². The van der Waals surface area contributed by atoms with Gasteiger partial charge in [-0.3, -0.25) is 9.89 Å². The van der Waals surface area contributed by atoms with Crippen molar-refractivity contribution >= 4 is 24.0 Å². The Morgan fingerprint density at radius 3 is 3.00 bits per heavy atom. The van der Waals surface area contributed by atoms with E-state index in [1.165, 1.54) is 0 Å². The molecule has 0 unspecified atom stereocenters. The number of carbonyl (C=O) groups is 1. The van der Waals surface area contributed by atoms with Gasteiger partial charge in [0.15, 0.2) is 5.69 Å². The van der Waals surface area contributed by atoms with Crippen LogP contribution in [0.1, 0.15) is 34.2 Å². The molecule has 0 aliphatic carbocycles. The van der Waals surface area contributed by atoms with E-state index < -0.39 is 0 Å². The van der Waals surface area contributed by atoms with Crippen LogP contribution in [0, 0.1) is 6.92 Å². The van der Waals surface area contributed by atoms with E-state index in [9.17, 15) is 4.79 Å². The summed E-state index contributed by atoms with van der Waals surface area (Å²) in [5, 5.41) is 13.3. The number of anilines is 1. The minimum atomic E-state index is -0.187. The van der Waals surface area contributed by atoms with E-state index in [1.807, 2.05) is 32.0 Å². The number of benzene rings is 1. The van der Waals surface area contributed by atoms with Gasteiger partial charge in [-0.25, -0.2) is 0 Å². The second kappa shape index (κ2) is 7.48. The number of halogens is 1. The number of aromatic nitrogens is 2. The second-order valence-corrected chi connectivity index (χ2v) is 5.32. The molecule has 2 aromatic rings. The van der Waals surface area contributed by atoms with Crippen LogP contribution in [0.4, 0.5) is 5.69 Å². The molecule has 3 N–H and O–H groups in total. The maximum absolute atomic E-state index is 12.5. The fourth-order valence-electron chi connectivity index (χ4n) is 2.63. The van der Waals surface area contributed by atoms with Gasteiger partial charge in [-0.2, -0.15) is 5.10 Å². The number of H-pyrrole nitrogens is 1. The first kappa shape index (κ1) is 17.3. The molecule has 3 rings (SSSR count). The Labute approximate surface area is 141 Å². The summed E-state index contributed by atoms with van der Waals surface area (Å²) in [6.45, 7) is 6.10. The number of amides is 1. The van der Waals surface area contributed by atoms with Crippen LogP contribution in [-0.2, 0) is 13.0 Å². The van der Waals surface area contributed by atoms with E-state index in [0.29, 0.717) is 18.8 Å². The molecule has 1 aromatic heterocycles. The zero-order valence-electron chi connectivity index (χ0n) is 13.2. The van der Waals surface area contributed by atoms with Gasteiger partial charge in [0.1, 0.15) is 5.75 Å². The van der Waals surface area contributed by atoms with E-state index >= 15 is 0 Å². The van der Waals surface area contributed by atoms with E-state index in [0.717, 1.165) is 41.2 Å². The summed E-state index contributed by atoms with van der Waals surface area (Å²) in [5.41, 5.74) is 4.21. The molecule has 0 saturated carbocycles. The average Bonchev–Trinajstić information content (AvgIpc) is 2.94. The molecule has 1 aliphatic heterocycles. The van der Waals surface area contributed by atoms with Crippen LogP contribution < -0.4 is 15.4 Å². The number of nitrogens with one attached hydrogen (secondary N) is 3. The third-order valence-corrected chi connectivity index (χ3v) is 3.78. The van der Waals surface area contributed by atoms with Crippen molar-refractivity contribution in [2.45, 2.75) is 26.8 Å². The molecule has 0 fully saturated rings. The molecule has 0 bridgehead atoms. The van der Waals surface area contributed by atoms with Crippen molar-refractivity contribution in [3.8, 4) is 5.75 Å². The second-order valence-electron chi connectivity index (χ2n) is 5.32. The highest BCUT2D eigenvalue weighted by Crippen LogP contribution is 2.23. The van der Waals surface area contributed by atoms with Crippen LogP contribution >= 0.6 is 12.4 Å². The normalized spacial score (nSPS) is 13.0. The van der Waals surface area contributed by atoms with Crippen molar-refractivity contribution in [3.63, 3.8) is 0 Å². The van der Waals surface area contributed by atoms with Gasteiger partial charge in [0.25, 0.3) is 5.91 Å².